The Morgan fingerprint density at radius 1 is 1.33 bits per heavy atom. The average Bonchev–Trinajstić information content (AvgIpc) is 1.35. The molecule has 0 fully saturated rings. The molecule has 0 rings (SSSR count). The smallest absolute Gasteiger partial charge is 0.147 e. The van der Waals surface area contributed by atoms with Crippen LogP contribution in [0.2, 0.25) is 0 Å². The summed E-state index contributed by atoms with van der Waals surface area (Å²) in [6.07, 6.45) is 0. The van der Waals surface area contributed by atoms with E-state index < -0.39 is 0 Å². The van der Waals surface area contributed by atoms with Crippen molar-refractivity contribution in [3.63, 3.8) is 0 Å². The van der Waals surface area contributed by atoms with E-state index in [2.05, 4.69) is 67.8 Å². The molecule has 1 nitrogen and oxygen atoms in total. The van der Waals surface area contributed by atoms with E-state index in [0.717, 1.165) is 0 Å². The molecule has 0 aliphatic rings. The highest BCUT2D eigenvalue weighted by Crippen LogP contribution is 2.33. The molecule has 0 aliphatic heterocycles. The summed E-state index contributed by atoms with van der Waals surface area (Å²) in [5.74, 6) is 0. The van der Waals surface area contributed by atoms with Crippen molar-refractivity contribution in [1.82, 2.24) is 0 Å². The van der Waals surface area contributed by atoms with E-state index in [-0.39, 0.29) is 6.04 Å². The molecular weight excluding hydrogens is 421 g/mol. The predicted octanol–water partition coefficient (Wildman–Crippen LogP) is 1.94. The Balaban J connectivity index is 3.17. The molecule has 1 N–H and O–H groups in total. The first kappa shape index (κ1) is 8.15. The van der Waals surface area contributed by atoms with Gasteiger partial charge in [-0.3, -0.25) is 0 Å². The maximum Gasteiger partial charge on any atom is 0.147 e. The van der Waals surface area contributed by atoms with Gasteiger partial charge in [-0.2, -0.15) is 0 Å². The fourth-order valence-electron chi connectivity index (χ4n) is 0. The van der Waals surface area contributed by atoms with E-state index in [4.69, 9.17) is 5.11 Å². The molecule has 0 bridgehead atoms. The summed E-state index contributed by atoms with van der Waals surface area (Å²) in [6.45, 7) is 0.231. The fraction of sp³-hybridized carbons (Fsp3) is 1.00. The van der Waals surface area contributed by atoms with Gasteiger partial charge in [0, 0.05) is 0 Å². The number of rotatable bonds is 1. The Morgan fingerprint density at radius 3 is 1.50 bits per heavy atom. The topological polar surface area (TPSA) is 20.2 Å². The third kappa shape index (κ3) is 6.15. The van der Waals surface area contributed by atoms with Gasteiger partial charge in [0.15, 0.2) is 0 Å². The molecule has 0 radical (unpaired) electrons. The SMILES string of the molecule is OCC(I)(I)I. The van der Waals surface area contributed by atoms with Crippen molar-refractivity contribution in [1.29, 1.82) is 0 Å². The lowest BCUT2D eigenvalue weighted by Crippen LogP contribution is -2.03. The third-order valence-corrected chi connectivity index (χ3v) is 1.20. The summed E-state index contributed by atoms with van der Waals surface area (Å²) >= 11 is 6.49. The van der Waals surface area contributed by atoms with Gasteiger partial charge >= 0.3 is 0 Å². The second-order valence-corrected chi connectivity index (χ2v) is 12.5. The normalized spacial score (nSPS) is 12.0. The van der Waals surface area contributed by atoms with Crippen LogP contribution >= 0.6 is 67.8 Å². The third-order valence-electron chi connectivity index (χ3n) is 0.179. The van der Waals surface area contributed by atoms with Crippen LogP contribution < -0.4 is 0 Å². The maximum absolute atomic E-state index is 8.38. The maximum atomic E-state index is 8.38. The number of alkyl halides is 3. The Kier molecular flexibility index (Phi) is 4.39. The van der Waals surface area contributed by atoms with Crippen LogP contribution in [-0.2, 0) is 0 Å². The standard InChI is InChI=1S/C2H3I3O/c3-2(4,5)1-6/h6H,1H2. The van der Waals surface area contributed by atoms with Crippen LogP contribution in [0.3, 0.4) is 0 Å². The van der Waals surface area contributed by atoms with Gasteiger partial charge in [-0.25, -0.2) is 0 Å². The number of aliphatic hydroxyl groups excluding tert-OH is 1. The van der Waals surface area contributed by atoms with Crippen LogP contribution in [0.1, 0.15) is 0 Å². The molecule has 0 aromatic heterocycles. The second-order valence-electron chi connectivity index (χ2n) is 0.773. The van der Waals surface area contributed by atoms with Crippen molar-refractivity contribution >= 4 is 67.8 Å². The molecule has 0 atom stereocenters. The molecule has 0 aromatic carbocycles. The lowest BCUT2D eigenvalue weighted by molar-refractivity contribution is 0.319. The highest BCUT2D eigenvalue weighted by molar-refractivity contribution is 14.3. The van der Waals surface area contributed by atoms with Crippen LogP contribution in [0.5, 0.6) is 0 Å². The summed E-state index contributed by atoms with van der Waals surface area (Å²) in [5.41, 5.74) is 0. The zero-order chi connectivity index (χ0) is 5.21. The van der Waals surface area contributed by atoms with E-state index in [1.165, 1.54) is 0 Å². The van der Waals surface area contributed by atoms with Gasteiger partial charge in [0.05, 0.1) is 6.61 Å². The van der Waals surface area contributed by atoms with E-state index in [1.807, 2.05) is 0 Å². The first-order chi connectivity index (χ1) is 2.56. The zero-order valence-corrected chi connectivity index (χ0v) is 9.26. The fourth-order valence-corrected chi connectivity index (χ4v) is 0. The number of hydrogen-bond donors (Lipinski definition) is 1. The first-order valence-electron chi connectivity index (χ1n) is 1.24. The van der Waals surface area contributed by atoms with Crippen LogP contribution in [0.15, 0.2) is 0 Å². The van der Waals surface area contributed by atoms with Gasteiger partial charge < -0.3 is 5.11 Å². The Bertz CT molecular complexity index is 38.5. The first-order valence-corrected chi connectivity index (χ1v) is 4.47. The monoisotopic (exact) mass is 424 g/mol. The molecule has 4 heteroatoms. The van der Waals surface area contributed by atoms with E-state index in [0.29, 0.717) is 0 Å². The minimum Gasteiger partial charge on any atom is -0.393 e. The molecule has 0 aromatic rings. The average molecular weight is 424 g/mol. The largest absolute Gasteiger partial charge is 0.393 e. The lowest BCUT2D eigenvalue weighted by atomic mass is 10.9. The van der Waals surface area contributed by atoms with Crippen LogP contribution in [0.4, 0.5) is 0 Å². The van der Waals surface area contributed by atoms with Crippen LogP contribution in [0.25, 0.3) is 0 Å². The highest BCUT2D eigenvalue weighted by Gasteiger charge is 2.13. The van der Waals surface area contributed by atoms with Crippen molar-refractivity contribution in [3.8, 4) is 0 Å². The second kappa shape index (κ2) is 3.23. The van der Waals surface area contributed by atoms with Gasteiger partial charge in [-0.15, -0.1) is 0 Å². The van der Waals surface area contributed by atoms with Gasteiger partial charge in [0.2, 0.25) is 0 Å². The van der Waals surface area contributed by atoms with Crippen molar-refractivity contribution in [3.05, 3.63) is 0 Å². The highest BCUT2D eigenvalue weighted by atomic mass is 127. The van der Waals surface area contributed by atoms with Crippen LogP contribution in [-0.4, -0.2) is 11.1 Å². The quantitative estimate of drug-likeness (QED) is 0.505. The van der Waals surface area contributed by atoms with E-state index in [1.54, 1.807) is 0 Å². The van der Waals surface area contributed by atoms with Crippen LogP contribution in [0, 0.1) is 0 Å². The molecule has 6 heavy (non-hydrogen) atoms. The molecule has 38 valence electrons. The predicted molar refractivity (Wildman–Crippen MR) is 51.9 cm³/mol. The molecule has 0 heterocycles. The molecule has 0 saturated heterocycles. The Labute approximate surface area is 77.7 Å². The summed E-state index contributed by atoms with van der Waals surface area (Å²) < 4.78 is 0.00722. The molecular formula is C2H3I3O. The Morgan fingerprint density at radius 2 is 1.50 bits per heavy atom. The van der Waals surface area contributed by atoms with Crippen molar-refractivity contribution < 1.29 is 5.11 Å². The van der Waals surface area contributed by atoms with Gasteiger partial charge in [-0.05, 0) is 0 Å². The van der Waals surface area contributed by atoms with E-state index >= 15 is 0 Å². The van der Waals surface area contributed by atoms with Crippen molar-refractivity contribution in [2.24, 2.45) is 0 Å². The summed E-state index contributed by atoms with van der Waals surface area (Å²) in [6, 6.07) is 0. The van der Waals surface area contributed by atoms with Crippen molar-refractivity contribution in [2.45, 2.75) is -0.565 Å². The Hall–Kier alpha value is 2.15. The number of hydrogen-bond acceptors (Lipinski definition) is 1. The summed E-state index contributed by atoms with van der Waals surface area (Å²) in [7, 11) is 0. The molecule has 0 saturated carbocycles. The van der Waals surface area contributed by atoms with Crippen molar-refractivity contribution in [2.75, 3.05) is 6.61 Å². The van der Waals surface area contributed by atoms with Gasteiger partial charge in [0.1, 0.15) is -0.565 Å². The molecule has 0 amide bonds. The minimum atomic E-state index is 0.00722. The molecule has 0 aliphatic carbocycles. The molecule has 0 spiro atoms. The minimum absolute atomic E-state index is 0.00722. The summed E-state index contributed by atoms with van der Waals surface area (Å²) in [5, 5.41) is 8.38. The van der Waals surface area contributed by atoms with Gasteiger partial charge in [0.25, 0.3) is 0 Å². The zero-order valence-electron chi connectivity index (χ0n) is 2.79. The van der Waals surface area contributed by atoms with Gasteiger partial charge in [-0.1, -0.05) is 67.8 Å². The molecule has 0 unspecified atom stereocenters. The lowest BCUT2D eigenvalue weighted by Gasteiger charge is -2.03. The number of aliphatic hydroxyl groups is 1. The number of halogens is 3. The summed E-state index contributed by atoms with van der Waals surface area (Å²) in [4.78, 5) is 0. The van der Waals surface area contributed by atoms with E-state index in [9.17, 15) is 0 Å².